The Kier molecular flexibility index (Phi) is 5.60. The molecule has 0 spiro atoms. The van der Waals surface area contributed by atoms with Crippen molar-refractivity contribution in [3.05, 3.63) is 27.9 Å². The van der Waals surface area contributed by atoms with E-state index in [0.717, 1.165) is 0 Å². The van der Waals surface area contributed by atoms with Crippen molar-refractivity contribution < 1.29 is 14.8 Å². The summed E-state index contributed by atoms with van der Waals surface area (Å²) in [5, 5.41) is 31.7. The molecule has 8 nitrogen and oxygen atoms in total. The van der Waals surface area contributed by atoms with Gasteiger partial charge >= 0.3 is 11.7 Å². The Morgan fingerprint density at radius 1 is 1.62 bits per heavy atom. The minimum atomic E-state index is -0.977. The van der Waals surface area contributed by atoms with Crippen LogP contribution < -0.4 is 5.32 Å². The van der Waals surface area contributed by atoms with Gasteiger partial charge in [-0.05, 0) is 18.4 Å². The van der Waals surface area contributed by atoms with Crippen LogP contribution in [0.1, 0.15) is 25.8 Å². The molecule has 112 valence electrons. The van der Waals surface area contributed by atoms with Gasteiger partial charge in [-0.2, -0.15) is 5.26 Å². The lowest BCUT2D eigenvalue weighted by molar-refractivity contribution is -0.384. The predicted molar refractivity (Wildman–Crippen MR) is 74.7 cm³/mol. The molecule has 1 unspecified atom stereocenters. The Balaban J connectivity index is 2.95. The summed E-state index contributed by atoms with van der Waals surface area (Å²) in [5.41, 5.74) is -0.554. The lowest BCUT2D eigenvalue weighted by Crippen LogP contribution is -2.25. The Morgan fingerprint density at radius 2 is 2.29 bits per heavy atom. The van der Waals surface area contributed by atoms with Crippen LogP contribution in [0.3, 0.4) is 0 Å². The number of aliphatic carboxylic acids is 1. The molecule has 1 aromatic rings. The maximum Gasteiger partial charge on any atom is 0.328 e. The first-order valence-corrected chi connectivity index (χ1v) is 6.37. The highest BCUT2D eigenvalue weighted by atomic mass is 16.6. The summed E-state index contributed by atoms with van der Waals surface area (Å²) in [7, 11) is 0. The lowest BCUT2D eigenvalue weighted by Gasteiger charge is -2.15. The first kappa shape index (κ1) is 16.4. The van der Waals surface area contributed by atoms with Crippen molar-refractivity contribution in [2.75, 3.05) is 11.9 Å². The number of pyridine rings is 1. The number of nitro groups is 1. The van der Waals surface area contributed by atoms with Crippen molar-refractivity contribution in [1.82, 2.24) is 4.98 Å². The van der Waals surface area contributed by atoms with Crippen LogP contribution in [-0.4, -0.2) is 27.5 Å². The summed E-state index contributed by atoms with van der Waals surface area (Å²) in [4.78, 5) is 25.3. The summed E-state index contributed by atoms with van der Waals surface area (Å²) in [6.45, 7) is 3.80. The van der Waals surface area contributed by atoms with Crippen LogP contribution >= 0.6 is 0 Å². The molecule has 0 radical (unpaired) electrons. The van der Waals surface area contributed by atoms with Crippen molar-refractivity contribution in [3.63, 3.8) is 0 Å². The normalized spacial score (nSPS) is 11.7. The van der Waals surface area contributed by atoms with E-state index in [1.54, 1.807) is 6.07 Å². The molecule has 0 fully saturated rings. The van der Waals surface area contributed by atoms with Gasteiger partial charge < -0.3 is 10.4 Å². The van der Waals surface area contributed by atoms with E-state index >= 15 is 0 Å². The second-order valence-electron chi connectivity index (χ2n) is 4.97. The first-order valence-electron chi connectivity index (χ1n) is 6.37. The molecule has 0 aromatic carbocycles. The minimum absolute atomic E-state index is 0.0102. The number of nitrogens with one attached hydrogen (secondary N) is 1. The number of carboxylic acid groups (broad SMARTS) is 1. The molecular formula is C13H16N4O4. The van der Waals surface area contributed by atoms with Gasteiger partial charge in [-0.25, -0.2) is 4.98 Å². The SMILES string of the molecule is CC(C)CC(CNc1nccc(C#N)c1[N+](=O)[O-])C(=O)O. The molecule has 1 atom stereocenters. The van der Waals surface area contributed by atoms with Gasteiger partial charge in [0, 0.05) is 12.7 Å². The molecule has 0 amide bonds. The molecule has 0 aliphatic carbocycles. The molecule has 0 saturated carbocycles. The average molecular weight is 292 g/mol. The van der Waals surface area contributed by atoms with E-state index in [-0.39, 0.29) is 23.8 Å². The van der Waals surface area contributed by atoms with Crippen molar-refractivity contribution in [2.24, 2.45) is 11.8 Å². The monoisotopic (exact) mass is 292 g/mol. The zero-order chi connectivity index (χ0) is 16.0. The largest absolute Gasteiger partial charge is 0.481 e. The van der Waals surface area contributed by atoms with Gasteiger partial charge in [0.1, 0.15) is 11.6 Å². The van der Waals surface area contributed by atoms with Crippen molar-refractivity contribution >= 4 is 17.5 Å². The van der Waals surface area contributed by atoms with Crippen molar-refractivity contribution in [1.29, 1.82) is 5.26 Å². The lowest BCUT2D eigenvalue weighted by atomic mass is 9.97. The van der Waals surface area contributed by atoms with Gasteiger partial charge in [-0.15, -0.1) is 0 Å². The smallest absolute Gasteiger partial charge is 0.328 e. The molecule has 0 saturated heterocycles. The number of aromatic nitrogens is 1. The van der Waals surface area contributed by atoms with Crippen LogP contribution in [0.4, 0.5) is 11.5 Å². The second kappa shape index (κ2) is 7.19. The summed E-state index contributed by atoms with van der Waals surface area (Å²) >= 11 is 0. The maximum atomic E-state index is 11.2. The second-order valence-corrected chi connectivity index (χ2v) is 4.97. The van der Waals surface area contributed by atoms with Gasteiger partial charge in [0.05, 0.1) is 10.8 Å². The first-order chi connectivity index (χ1) is 9.86. The van der Waals surface area contributed by atoms with Gasteiger partial charge in [-0.1, -0.05) is 13.8 Å². The van der Waals surface area contributed by atoms with Gasteiger partial charge in [0.15, 0.2) is 0 Å². The van der Waals surface area contributed by atoms with Crippen LogP contribution in [-0.2, 0) is 4.79 Å². The molecule has 1 aromatic heterocycles. The molecule has 1 heterocycles. The standard InChI is InChI=1S/C13H16N4O4/c1-8(2)5-10(13(18)19)7-16-12-11(17(20)21)9(6-14)3-4-15-12/h3-4,8,10H,5,7H2,1-2H3,(H,15,16)(H,18,19). The van der Waals surface area contributed by atoms with E-state index < -0.39 is 22.5 Å². The summed E-state index contributed by atoms with van der Waals surface area (Å²) in [6, 6.07) is 2.96. The van der Waals surface area contributed by atoms with Crippen LogP contribution in [0.25, 0.3) is 0 Å². The Labute approximate surface area is 121 Å². The molecule has 0 aliphatic heterocycles. The third-order valence-corrected chi connectivity index (χ3v) is 2.85. The van der Waals surface area contributed by atoms with Crippen LogP contribution in [0.2, 0.25) is 0 Å². The number of hydrogen-bond donors (Lipinski definition) is 2. The zero-order valence-corrected chi connectivity index (χ0v) is 11.7. The summed E-state index contributed by atoms with van der Waals surface area (Å²) < 4.78 is 0. The fourth-order valence-electron chi connectivity index (χ4n) is 1.92. The number of carboxylic acids is 1. The van der Waals surface area contributed by atoms with E-state index in [2.05, 4.69) is 10.3 Å². The van der Waals surface area contributed by atoms with Gasteiger partial charge in [0.25, 0.3) is 0 Å². The number of anilines is 1. The number of hydrogen-bond acceptors (Lipinski definition) is 6. The molecule has 21 heavy (non-hydrogen) atoms. The Morgan fingerprint density at radius 3 is 2.76 bits per heavy atom. The van der Waals surface area contributed by atoms with E-state index in [9.17, 15) is 14.9 Å². The number of nitrogens with zero attached hydrogens (tertiary/aromatic N) is 3. The number of carbonyl (C=O) groups is 1. The topological polar surface area (TPSA) is 129 Å². The van der Waals surface area contributed by atoms with Crippen molar-refractivity contribution in [2.45, 2.75) is 20.3 Å². The maximum absolute atomic E-state index is 11.2. The predicted octanol–water partition coefficient (Wildman–Crippen LogP) is 2.02. The average Bonchev–Trinajstić information content (AvgIpc) is 2.41. The molecule has 1 rings (SSSR count). The molecule has 2 N–H and O–H groups in total. The quantitative estimate of drug-likeness (QED) is 0.580. The van der Waals surface area contributed by atoms with Crippen LogP contribution in [0, 0.1) is 33.3 Å². The fraction of sp³-hybridized carbons (Fsp3) is 0.462. The Bertz CT molecular complexity index is 580. The molecule has 0 aliphatic rings. The van der Waals surface area contributed by atoms with Crippen LogP contribution in [0.5, 0.6) is 0 Å². The van der Waals surface area contributed by atoms with E-state index in [1.165, 1.54) is 12.3 Å². The third-order valence-electron chi connectivity index (χ3n) is 2.85. The van der Waals surface area contributed by atoms with Crippen LogP contribution in [0.15, 0.2) is 12.3 Å². The minimum Gasteiger partial charge on any atom is -0.481 e. The zero-order valence-electron chi connectivity index (χ0n) is 11.7. The fourth-order valence-corrected chi connectivity index (χ4v) is 1.92. The number of nitriles is 1. The van der Waals surface area contributed by atoms with Crippen molar-refractivity contribution in [3.8, 4) is 6.07 Å². The van der Waals surface area contributed by atoms with Gasteiger partial charge in [0.2, 0.25) is 5.82 Å². The number of rotatable bonds is 7. The molecule has 8 heteroatoms. The van der Waals surface area contributed by atoms with E-state index in [1.807, 2.05) is 13.8 Å². The van der Waals surface area contributed by atoms with E-state index in [4.69, 9.17) is 10.4 Å². The third kappa shape index (κ3) is 4.42. The molecule has 0 bridgehead atoms. The summed E-state index contributed by atoms with van der Waals surface area (Å²) in [6.07, 6.45) is 1.71. The highest BCUT2D eigenvalue weighted by Crippen LogP contribution is 2.26. The van der Waals surface area contributed by atoms with E-state index in [0.29, 0.717) is 6.42 Å². The Hall–Kier alpha value is -2.69. The highest BCUT2D eigenvalue weighted by molar-refractivity contribution is 5.71. The molecular weight excluding hydrogens is 276 g/mol. The summed E-state index contributed by atoms with van der Waals surface area (Å²) in [5.74, 6) is -1.57. The van der Waals surface area contributed by atoms with Gasteiger partial charge in [-0.3, -0.25) is 14.9 Å². The highest BCUT2D eigenvalue weighted by Gasteiger charge is 2.24.